The molecule has 1 aromatic rings. The largest absolute Gasteiger partial charge is 0.396 e. The van der Waals surface area contributed by atoms with Crippen LogP contribution < -0.4 is 5.32 Å². The van der Waals surface area contributed by atoms with Gasteiger partial charge in [0.05, 0.1) is 10.7 Å². The summed E-state index contributed by atoms with van der Waals surface area (Å²) in [5, 5.41) is 14.0. The molecule has 0 spiro atoms. The lowest BCUT2D eigenvalue weighted by Gasteiger charge is -2.27. The number of hydrogen-bond acceptors (Lipinski definition) is 4. The molecule has 0 radical (unpaired) electrons. The summed E-state index contributed by atoms with van der Waals surface area (Å²) >= 11 is 1.75. The molecule has 2 atom stereocenters. The van der Waals surface area contributed by atoms with E-state index in [0.29, 0.717) is 6.04 Å². The molecule has 4 heteroatoms. The number of hydrogen-bond donors (Lipinski definition) is 2. The Kier molecular flexibility index (Phi) is 5.10. The van der Waals surface area contributed by atoms with Gasteiger partial charge in [0.2, 0.25) is 0 Å². The smallest absolute Gasteiger partial charge is 0.0900 e. The van der Waals surface area contributed by atoms with Gasteiger partial charge in [-0.1, -0.05) is 13.8 Å². The van der Waals surface area contributed by atoms with Crippen LogP contribution in [0.15, 0.2) is 0 Å². The summed E-state index contributed by atoms with van der Waals surface area (Å²) in [5.74, 6) is 0. The molecule has 0 aliphatic heterocycles. The van der Waals surface area contributed by atoms with Crippen LogP contribution in [-0.2, 0) is 0 Å². The van der Waals surface area contributed by atoms with E-state index >= 15 is 0 Å². The molecule has 0 saturated carbocycles. The minimum Gasteiger partial charge on any atom is -0.396 e. The molecule has 2 N–H and O–H groups in total. The van der Waals surface area contributed by atoms with Crippen LogP contribution in [0, 0.1) is 19.3 Å². The number of aliphatic hydroxyl groups excluding tert-OH is 1. The molecule has 2 unspecified atom stereocenters. The highest BCUT2D eigenvalue weighted by molar-refractivity contribution is 7.11. The van der Waals surface area contributed by atoms with Gasteiger partial charge in [0, 0.05) is 29.5 Å². The lowest BCUT2D eigenvalue weighted by Crippen LogP contribution is -2.35. The van der Waals surface area contributed by atoms with Crippen LogP contribution in [0.25, 0.3) is 0 Å². The summed E-state index contributed by atoms with van der Waals surface area (Å²) in [7, 11) is 0. The number of aliphatic hydroxyl groups is 1. The summed E-state index contributed by atoms with van der Waals surface area (Å²) in [6.45, 7) is 11.5. The lowest BCUT2D eigenvalue weighted by molar-refractivity contribution is 0.132. The van der Waals surface area contributed by atoms with Crippen molar-refractivity contribution in [2.24, 2.45) is 5.41 Å². The topological polar surface area (TPSA) is 45.1 Å². The Bertz CT molecular complexity index is 358. The van der Waals surface area contributed by atoms with E-state index in [2.05, 4.69) is 38.0 Å². The third-order valence-corrected chi connectivity index (χ3v) is 4.66. The van der Waals surface area contributed by atoms with Gasteiger partial charge in [0.15, 0.2) is 0 Å². The van der Waals surface area contributed by atoms with E-state index in [1.54, 1.807) is 11.3 Å². The zero-order valence-electron chi connectivity index (χ0n) is 11.5. The van der Waals surface area contributed by atoms with Crippen LogP contribution in [0.3, 0.4) is 0 Å². The molecule has 1 heterocycles. The van der Waals surface area contributed by atoms with Crippen molar-refractivity contribution in [3.63, 3.8) is 0 Å². The maximum Gasteiger partial charge on any atom is 0.0900 e. The molecular weight excluding hydrogens is 232 g/mol. The summed E-state index contributed by atoms with van der Waals surface area (Å²) in [5.41, 5.74) is 1.09. The second kappa shape index (κ2) is 5.94. The molecular formula is C13H24N2OS. The van der Waals surface area contributed by atoms with Crippen molar-refractivity contribution in [1.29, 1.82) is 0 Å². The summed E-state index contributed by atoms with van der Waals surface area (Å²) < 4.78 is 0. The van der Waals surface area contributed by atoms with Crippen molar-refractivity contribution in [3.05, 3.63) is 15.6 Å². The first kappa shape index (κ1) is 14.6. The highest BCUT2D eigenvalue weighted by atomic mass is 32.1. The molecule has 3 nitrogen and oxygen atoms in total. The van der Waals surface area contributed by atoms with Gasteiger partial charge in [-0.05, 0) is 27.2 Å². The normalized spacial score (nSPS) is 16.8. The Morgan fingerprint density at radius 2 is 2.12 bits per heavy atom. The second-order valence-electron chi connectivity index (χ2n) is 5.11. The molecule has 1 aromatic heterocycles. The number of nitrogens with zero attached hydrogens (tertiary/aromatic N) is 1. The van der Waals surface area contributed by atoms with Gasteiger partial charge < -0.3 is 10.4 Å². The van der Waals surface area contributed by atoms with E-state index < -0.39 is 0 Å². The number of aryl methyl sites for hydroxylation is 2. The molecule has 0 amide bonds. The van der Waals surface area contributed by atoms with Crippen LogP contribution >= 0.6 is 11.3 Å². The Labute approximate surface area is 108 Å². The monoisotopic (exact) mass is 256 g/mol. The van der Waals surface area contributed by atoms with Gasteiger partial charge in [-0.3, -0.25) is 0 Å². The molecule has 17 heavy (non-hydrogen) atoms. The Hall–Kier alpha value is -0.450. The number of rotatable bonds is 6. The molecule has 0 saturated heterocycles. The zero-order chi connectivity index (χ0) is 13.1. The fraction of sp³-hybridized carbons (Fsp3) is 0.769. The standard InChI is InChI=1S/C13H24N2OS/c1-6-13(5,8-16)7-14-9(2)12-10(3)15-11(4)17-12/h9,14,16H,6-8H2,1-5H3. The third-order valence-electron chi connectivity index (χ3n) is 3.40. The van der Waals surface area contributed by atoms with Crippen LogP contribution in [0.2, 0.25) is 0 Å². The van der Waals surface area contributed by atoms with Crippen molar-refractivity contribution < 1.29 is 5.11 Å². The van der Waals surface area contributed by atoms with Crippen molar-refractivity contribution in [3.8, 4) is 0 Å². The van der Waals surface area contributed by atoms with Gasteiger partial charge >= 0.3 is 0 Å². The maximum atomic E-state index is 9.38. The summed E-state index contributed by atoms with van der Waals surface area (Å²) in [4.78, 5) is 5.75. The first-order chi connectivity index (χ1) is 7.91. The fourth-order valence-electron chi connectivity index (χ4n) is 1.73. The van der Waals surface area contributed by atoms with Crippen molar-refractivity contribution in [2.45, 2.75) is 47.1 Å². The van der Waals surface area contributed by atoms with Crippen LogP contribution in [0.5, 0.6) is 0 Å². The summed E-state index contributed by atoms with van der Waals surface area (Å²) in [6, 6.07) is 0.304. The first-order valence-corrected chi connectivity index (χ1v) is 7.01. The first-order valence-electron chi connectivity index (χ1n) is 6.20. The molecule has 1 rings (SSSR count). The number of thiazole rings is 1. The van der Waals surface area contributed by atoms with E-state index in [1.807, 2.05) is 6.92 Å². The molecule has 0 aliphatic carbocycles. The van der Waals surface area contributed by atoms with E-state index in [-0.39, 0.29) is 12.0 Å². The molecule has 0 fully saturated rings. The van der Waals surface area contributed by atoms with E-state index in [0.717, 1.165) is 23.7 Å². The van der Waals surface area contributed by atoms with E-state index in [9.17, 15) is 5.11 Å². The van der Waals surface area contributed by atoms with Crippen molar-refractivity contribution in [1.82, 2.24) is 10.3 Å². The number of nitrogens with one attached hydrogen (secondary N) is 1. The van der Waals surface area contributed by atoms with Crippen molar-refractivity contribution >= 4 is 11.3 Å². The summed E-state index contributed by atoms with van der Waals surface area (Å²) in [6.07, 6.45) is 0.976. The van der Waals surface area contributed by atoms with Gasteiger partial charge in [0.25, 0.3) is 0 Å². The second-order valence-corrected chi connectivity index (χ2v) is 6.34. The molecule has 98 valence electrons. The van der Waals surface area contributed by atoms with Gasteiger partial charge in [-0.15, -0.1) is 11.3 Å². The van der Waals surface area contributed by atoms with Gasteiger partial charge in [-0.2, -0.15) is 0 Å². The van der Waals surface area contributed by atoms with Gasteiger partial charge in [0.1, 0.15) is 0 Å². The van der Waals surface area contributed by atoms with Crippen molar-refractivity contribution in [2.75, 3.05) is 13.2 Å². The van der Waals surface area contributed by atoms with Crippen LogP contribution in [0.1, 0.15) is 48.8 Å². The third kappa shape index (κ3) is 3.76. The maximum absolute atomic E-state index is 9.38. The average molecular weight is 256 g/mol. The number of aromatic nitrogens is 1. The van der Waals surface area contributed by atoms with E-state index in [4.69, 9.17) is 0 Å². The highest BCUT2D eigenvalue weighted by Gasteiger charge is 2.22. The van der Waals surface area contributed by atoms with Crippen LogP contribution in [-0.4, -0.2) is 23.2 Å². The van der Waals surface area contributed by atoms with E-state index in [1.165, 1.54) is 4.88 Å². The predicted octanol–water partition coefficient (Wildman–Crippen LogP) is 2.82. The molecule has 0 bridgehead atoms. The minimum atomic E-state index is -0.0259. The molecule has 0 aliphatic rings. The van der Waals surface area contributed by atoms with Gasteiger partial charge in [-0.25, -0.2) is 4.98 Å². The fourth-order valence-corrected chi connectivity index (χ4v) is 2.69. The predicted molar refractivity (Wildman–Crippen MR) is 73.5 cm³/mol. The minimum absolute atomic E-state index is 0.0259. The Morgan fingerprint density at radius 1 is 1.47 bits per heavy atom. The highest BCUT2D eigenvalue weighted by Crippen LogP contribution is 2.26. The average Bonchev–Trinajstić information content (AvgIpc) is 2.65. The van der Waals surface area contributed by atoms with Crippen LogP contribution in [0.4, 0.5) is 0 Å². The zero-order valence-corrected chi connectivity index (χ0v) is 12.3. The Balaban J connectivity index is 2.61. The molecule has 0 aromatic carbocycles. The lowest BCUT2D eigenvalue weighted by atomic mass is 9.88. The Morgan fingerprint density at radius 3 is 2.53 bits per heavy atom. The quantitative estimate of drug-likeness (QED) is 0.822. The SMILES string of the molecule is CCC(C)(CO)CNC(C)c1sc(C)nc1C.